The summed E-state index contributed by atoms with van der Waals surface area (Å²) >= 11 is 12.7. The zero-order valence-electron chi connectivity index (χ0n) is 16.8. The number of aromatic amines is 1. The molecule has 0 bridgehead atoms. The Labute approximate surface area is 191 Å². The Hall–Kier alpha value is -3.56. The van der Waals surface area contributed by atoms with Crippen LogP contribution in [0.5, 0.6) is 0 Å². The van der Waals surface area contributed by atoms with Crippen LogP contribution in [0.1, 0.15) is 25.2 Å². The molecule has 5 aromatic rings. The molecule has 4 aromatic heterocycles. The van der Waals surface area contributed by atoms with Gasteiger partial charge in [-0.25, -0.2) is 19.5 Å². The number of hydrogen-bond donors (Lipinski definition) is 2. The monoisotopic (exact) mass is 466 g/mol. The van der Waals surface area contributed by atoms with E-state index in [4.69, 9.17) is 28.2 Å². The van der Waals surface area contributed by atoms with E-state index in [2.05, 4.69) is 30.5 Å². The smallest absolute Gasteiger partial charge is 0.268 e. The van der Waals surface area contributed by atoms with E-state index in [1.807, 2.05) is 19.1 Å². The van der Waals surface area contributed by atoms with Crippen LogP contribution in [-0.4, -0.2) is 34.7 Å². The Morgan fingerprint density at radius 1 is 1.06 bits per heavy atom. The summed E-state index contributed by atoms with van der Waals surface area (Å²) in [6.45, 7) is 1.97. The minimum atomic E-state index is -0.412. The first-order chi connectivity index (χ1) is 15.6. The number of nitrogens with one attached hydrogen (secondary N) is 2. The molecule has 5 rings (SSSR count). The van der Waals surface area contributed by atoms with E-state index in [1.165, 1.54) is 10.9 Å². The Balaban J connectivity index is 1.75. The molecule has 160 valence electrons. The number of fused-ring (bicyclic) bond motifs is 2. The summed E-state index contributed by atoms with van der Waals surface area (Å²) in [5.41, 5.74) is 1.30. The minimum Gasteiger partial charge on any atom is -0.358 e. The Morgan fingerprint density at radius 3 is 2.69 bits per heavy atom. The molecule has 32 heavy (non-hydrogen) atoms. The number of anilines is 1. The molecule has 0 radical (unpaired) electrons. The van der Waals surface area contributed by atoms with Crippen molar-refractivity contribution < 1.29 is 0 Å². The zero-order chi connectivity index (χ0) is 22.2. The third-order valence-corrected chi connectivity index (χ3v) is 5.72. The highest BCUT2D eigenvalue weighted by molar-refractivity contribution is 6.39. The highest BCUT2D eigenvalue weighted by atomic mass is 35.5. The van der Waals surface area contributed by atoms with E-state index in [1.54, 1.807) is 30.6 Å². The van der Waals surface area contributed by atoms with Crippen LogP contribution in [0.2, 0.25) is 10.0 Å². The predicted molar refractivity (Wildman–Crippen MR) is 123 cm³/mol. The second kappa shape index (κ2) is 8.18. The van der Waals surface area contributed by atoms with Crippen molar-refractivity contribution in [3.05, 3.63) is 75.3 Å². The summed E-state index contributed by atoms with van der Waals surface area (Å²) in [5.74, 6) is 1.42. The summed E-state index contributed by atoms with van der Waals surface area (Å²) in [5, 5.41) is 11.0. The van der Waals surface area contributed by atoms with Crippen molar-refractivity contribution >= 4 is 51.0 Å². The summed E-state index contributed by atoms with van der Waals surface area (Å²) in [4.78, 5) is 31.4. The Kier molecular flexibility index (Phi) is 5.20. The van der Waals surface area contributed by atoms with Gasteiger partial charge < -0.3 is 5.32 Å². The van der Waals surface area contributed by atoms with Gasteiger partial charge in [0.2, 0.25) is 0 Å². The third kappa shape index (κ3) is 3.35. The van der Waals surface area contributed by atoms with Gasteiger partial charge in [0.1, 0.15) is 23.5 Å². The van der Waals surface area contributed by atoms with Crippen molar-refractivity contribution in [1.29, 1.82) is 0 Å². The van der Waals surface area contributed by atoms with Gasteiger partial charge in [0.25, 0.3) is 5.56 Å². The van der Waals surface area contributed by atoms with Gasteiger partial charge in [0.05, 0.1) is 38.7 Å². The van der Waals surface area contributed by atoms with Gasteiger partial charge in [-0.2, -0.15) is 5.10 Å². The van der Waals surface area contributed by atoms with Crippen molar-refractivity contribution in [2.45, 2.75) is 19.4 Å². The van der Waals surface area contributed by atoms with Crippen molar-refractivity contribution in [1.82, 2.24) is 34.7 Å². The van der Waals surface area contributed by atoms with Gasteiger partial charge in [0, 0.05) is 12.3 Å². The lowest BCUT2D eigenvalue weighted by Crippen LogP contribution is -2.29. The number of rotatable bonds is 5. The standard InChI is InChI=1S/C21H16Cl2N8O/c1-2-13(28-19-18-14(25-10-26-19)4-3-8-24-18)20-29-17-12(23)6-5-11(22)16(17)21(32)31(20)15-7-9-27-30-15/h3-10,13H,2H2,1H3,(H,27,30)(H,25,26,28)/t13-/m0/s1. The topological polar surface area (TPSA) is 114 Å². The van der Waals surface area contributed by atoms with Crippen LogP contribution >= 0.6 is 23.2 Å². The molecule has 0 fully saturated rings. The molecule has 9 nitrogen and oxygen atoms in total. The maximum absolute atomic E-state index is 13.6. The fourth-order valence-electron chi connectivity index (χ4n) is 3.59. The van der Waals surface area contributed by atoms with E-state index in [-0.39, 0.29) is 16.0 Å². The van der Waals surface area contributed by atoms with Gasteiger partial charge in [-0.15, -0.1) is 0 Å². The molecule has 0 aliphatic heterocycles. The number of halogens is 2. The van der Waals surface area contributed by atoms with Crippen molar-refractivity contribution in [2.75, 3.05) is 5.32 Å². The van der Waals surface area contributed by atoms with E-state index in [0.717, 1.165) is 0 Å². The van der Waals surface area contributed by atoms with Crippen LogP contribution in [0.4, 0.5) is 5.82 Å². The van der Waals surface area contributed by atoms with Gasteiger partial charge in [0.15, 0.2) is 5.82 Å². The molecule has 11 heteroatoms. The van der Waals surface area contributed by atoms with E-state index >= 15 is 0 Å². The second-order valence-electron chi connectivity index (χ2n) is 7.00. The molecule has 4 heterocycles. The first-order valence-corrected chi connectivity index (χ1v) is 10.6. The first kappa shape index (κ1) is 20.3. The van der Waals surface area contributed by atoms with Gasteiger partial charge in [-0.05, 0) is 30.7 Å². The van der Waals surface area contributed by atoms with Crippen LogP contribution < -0.4 is 10.9 Å². The largest absolute Gasteiger partial charge is 0.358 e. The van der Waals surface area contributed by atoms with Crippen LogP contribution in [-0.2, 0) is 0 Å². The Bertz CT molecular complexity index is 1490. The molecule has 0 saturated carbocycles. The molecular weight excluding hydrogens is 451 g/mol. The van der Waals surface area contributed by atoms with Gasteiger partial charge in [-0.3, -0.25) is 14.9 Å². The number of nitrogens with zero attached hydrogens (tertiary/aromatic N) is 6. The van der Waals surface area contributed by atoms with E-state index < -0.39 is 6.04 Å². The lowest BCUT2D eigenvalue weighted by Gasteiger charge is -2.22. The van der Waals surface area contributed by atoms with E-state index in [9.17, 15) is 4.79 Å². The average molecular weight is 467 g/mol. The van der Waals surface area contributed by atoms with Crippen molar-refractivity contribution in [3.63, 3.8) is 0 Å². The Morgan fingerprint density at radius 2 is 1.91 bits per heavy atom. The first-order valence-electron chi connectivity index (χ1n) is 9.81. The van der Waals surface area contributed by atoms with Crippen molar-refractivity contribution in [3.8, 4) is 5.82 Å². The SMILES string of the molecule is CC[C@H](Nc1ncnc2cccnc12)c1nc2c(Cl)ccc(Cl)c2c(=O)n1-c1ccn[nH]1. The van der Waals surface area contributed by atoms with Gasteiger partial charge in [-0.1, -0.05) is 30.1 Å². The van der Waals surface area contributed by atoms with Crippen molar-refractivity contribution in [2.24, 2.45) is 0 Å². The summed E-state index contributed by atoms with van der Waals surface area (Å²) < 4.78 is 1.45. The molecule has 1 atom stereocenters. The molecule has 2 N–H and O–H groups in total. The second-order valence-corrected chi connectivity index (χ2v) is 7.82. The third-order valence-electron chi connectivity index (χ3n) is 5.10. The fourth-order valence-corrected chi connectivity index (χ4v) is 4.02. The van der Waals surface area contributed by atoms with Crippen LogP contribution in [0.3, 0.4) is 0 Å². The maximum Gasteiger partial charge on any atom is 0.268 e. The van der Waals surface area contributed by atoms with E-state index in [0.29, 0.717) is 45.5 Å². The minimum absolute atomic E-state index is 0.238. The fraction of sp³-hybridized carbons (Fsp3) is 0.143. The lowest BCUT2D eigenvalue weighted by atomic mass is 10.1. The molecule has 0 aliphatic rings. The molecule has 1 aromatic carbocycles. The molecule has 0 saturated heterocycles. The number of H-pyrrole nitrogens is 1. The average Bonchev–Trinajstić information content (AvgIpc) is 3.34. The molecular formula is C21H16Cl2N8O. The highest BCUT2D eigenvalue weighted by Gasteiger charge is 2.24. The maximum atomic E-state index is 13.6. The molecule has 0 aliphatic carbocycles. The van der Waals surface area contributed by atoms with Crippen LogP contribution in [0.15, 0.2) is 53.8 Å². The number of hydrogen-bond acceptors (Lipinski definition) is 7. The number of benzene rings is 1. The molecule has 0 amide bonds. The summed E-state index contributed by atoms with van der Waals surface area (Å²) in [6, 6.07) is 8.14. The molecule has 0 spiro atoms. The summed E-state index contributed by atoms with van der Waals surface area (Å²) in [7, 11) is 0. The van der Waals surface area contributed by atoms with Gasteiger partial charge >= 0.3 is 0 Å². The van der Waals surface area contributed by atoms with Crippen LogP contribution in [0, 0.1) is 0 Å². The highest BCUT2D eigenvalue weighted by Crippen LogP contribution is 2.30. The quantitative estimate of drug-likeness (QED) is 0.396. The summed E-state index contributed by atoms with van der Waals surface area (Å²) in [6.07, 6.45) is 5.29. The van der Waals surface area contributed by atoms with Crippen LogP contribution in [0.25, 0.3) is 27.8 Å². The number of aromatic nitrogens is 7. The zero-order valence-corrected chi connectivity index (χ0v) is 18.3. The lowest BCUT2D eigenvalue weighted by molar-refractivity contribution is 0.653. The molecule has 0 unspecified atom stereocenters. The normalized spacial score (nSPS) is 12.3. The predicted octanol–water partition coefficient (Wildman–Crippen LogP) is 4.32. The number of pyridine rings is 1.